The Labute approximate surface area is 81.7 Å². The molecule has 13 heavy (non-hydrogen) atoms. The Morgan fingerprint density at radius 1 is 1.15 bits per heavy atom. The first-order valence-electron chi connectivity index (χ1n) is 4.58. The van der Waals surface area contributed by atoms with Crippen LogP contribution in [-0.2, 0) is 12.8 Å². The summed E-state index contributed by atoms with van der Waals surface area (Å²) >= 11 is 1.66. The maximum absolute atomic E-state index is 4.58. The van der Waals surface area contributed by atoms with Crippen LogP contribution in [0.1, 0.15) is 25.2 Å². The third kappa shape index (κ3) is 1.44. The van der Waals surface area contributed by atoms with E-state index in [4.69, 9.17) is 0 Å². The van der Waals surface area contributed by atoms with Gasteiger partial charge in [-0.2, -0.15) is 0 Å². The molecule has 0 radical (unpaired) electrons. The predicted octanol–water partition coefficient (Wildman–Crippen LogP) is 2.82. The van der Waals surface area contributed by atoms with Crippen LogP contribution in [0.4, 0.5) is 0 Å². The average molecular weight is 192 g/mol. The highest BCUT2D eigenvalue weighted by molar-refractivity contribution is 7.16. The molecule has 3 heteroatoms. The molecule has 0 spiro atoms. The van der Waals surface area contributed by atoms with Crippen molar-refractivity contribution < 1.29 is 0 Å². The van der Waals surface area contributed by atoms with Crippen LogP contribution in [0, 0.1) is 0 Å². The second-order valence-corrected chi connectivity index (χ2v) is 3.83. The lowest BCUT2D eigenvalue weighted by Gasteiger charge is -2.02. The van der Waals surface area contributed by atoms with E-state index in [-0.39, 0.29) is 0 Å². The van der Waals surface area contributed by atoms with E-state index in [1.807, 2.05) is 11.4 Å². The van der Waals surface area contributed by atoms with Crippen molar-refractivity contribution in [2.45, 2.75) is 26.7 Å². The summed E-state index contributed by atoms with van der Waals surface area (Å²) < 4.78 is 0. The Bertz CT molecular complexity index is 382. The maximum atomic E-state index is 4.58. The van der Waals surface area contributed by atoms with Gasteiger partial charge in [-0.3, -0.25) is 0 Å². The van der Waals surface area contributed by atoms with Crippen LogP contribution in [0.5, 0.6) is 0 Å². The Morgan fingerprint density at radius 3 is 2.54 bits per heavy atom. The van der Waals surface area contributed by atoms with E-state index >= 15 is 0 Å². The van der Waals surface area contributed by atoms with Crippen molar-refractivity contribution in [2.24, 2.45) is 0 Å². The minimum Gasteiger partial charge on any atom is -0.248 e. The third-order valence-corrected chi connectivity index (χ3v) is 2.92. The molecule has 0 unspecified atom stereocenters. The molecule has 0 atom stereocenters. The molecule has 0 aromatic carbocycles. The summed E-state index contributed by atoms with van der Waals surface area (Å²) in [6, 6.07) is 2.03. The van der Waals surface area contributed by atoms with Crippen LogP contribution in [0.3, 0.4) is 0 Å². The minimum absolute atomic E-state index is 0.974. The number of fused-ring (bicyclic) bond motifs is 1. The molecule has 0 saturated carbocycles. The first kappa shape index (κ1) is 8.63. The minimum atomic E-state index is 0.974. The summed E-state index contributed by atoms with van der Waals surface area (Å²) in [6.07, 6.45) is 1.95. The molecule has 0 saturated heterocycles. The van der Waals surface area contributed by atoms with Crippen LogP contribution in [0.25, 0.3) is 10.3 Å². The molecule has 2 aromatic rings. The summed E-state index contributed by atoms with van der Waals surface area (Å²) in [5.74, 6) is 0. The van der Waals surface area contributed by atoms with Crippen LogP contribution < -0.4 is 0 Å². The van der Waals surface area contributed by atoms with E-state index in [2.05, 4.69) is 23.8 Å². The Morgan fingerprint density at radius 2 is 1.85 bits per heavy atom. The summed E-state index contributed by atoms with van der Waals surface area (Å²) in [5.41, 5.74) is 3.34. The standard InChI is InChI=1S/C10H12N2S/c1-3-7-8(4-2)12-10-9(11-7)5-6-13-10/h5-6H,3-4H2,1-2H3. The largest absolute Gasteiger partial charge is 0.248 e. The van der Waals surface area contributed by atoms with Crippen molar-refractivity contribution in [1.29, 1.82) is 0 Å². The molecule has 0 amide bonds. The van der Waals surface area contributed by atoms with Gasteiger partial charge in [0.25, 0.3) is 0 Å². The topological polar surface area (TPSA) is 25.8 Å². The van der Waals surface area contributed by atoms with Crippen LogP contribution in [0.15, 0.2) is 11.4 Å². The van der Waals surface area contributed by atoms with E-state index in [1.54, 1.807) is 11.3 Å². The molecule has 0 fully saturated rings. The van der Waals surface area contributed by atoms with Crippen LogP contribution >= 0.6 is 11.3 Å². The third-order valence-electron chi connectivity index (χ3n) is 2.12. The van der Waals surface area contributed by atoms with Gasteiger partial charge in [0.1, 0.15) is 10.3 Å². The van der Waals surface area contributed by atoms with Gasteiger partial charge in [0.2, 0.25) is 0 Å². The maximum Gasteiger partial charge on any atom is 0.142 e. The van der Waals surface area contributed by atoms with Gasteiger partial charge in [0, 0.05) is 0 Å². The van der Waals surface area contributed by atoms with E-state index in [0.717, 1.165) is 34.6 Å². The van der Waals surface area contributed by atoms with Crippen LogP contribution in [-0.4, -0.2) is 9.97 Å². The molecule has 68 valence electrons. The number of rotatable bonds is 2. The number of thiophene rings is 1. The second-order valence-electron chi connectivity index (χ2n) is 2.94. The number of hydrogen-bond acceptors (Lipinski definition) is 3. The Kier molecular flexibility index (Phi) is 2.27. The molecule has 0 bridgehead atoms. The molecule has 0 N–H and O–H groups in total. The van der Waals surface area contributed by atoms with Crippen molar-refractivity contribution in [2.75, 3.05) is 0 Å². The lowest BCUT2D eigenvalue weighted by atomic mass is 10.2. The molecule has 0 aliphatic carbocycles. The monoisotopic (exact) mass is 192 g/mol. The lowest BCUT2D eigenvalue weighted by molar-refractivity contribution is 0.933. The molecule has 0 aliphatic rings. The summed E-state index contributed by atoms with van der Waals surface area (Å²) in [6.45, 7) is 4.25. The van der Waals surface area contributed by atoms with Crippen molar-refractivity contribution in [3.8, 4) is 0 Å². The van der Waals surface area contributed by atoms with E-state index in [0.29, 0.717) is 0 Å². The highest BCUT2D eigenvalue weighted by Gasteiger charge is 2.05. The van der Waals surface area contributed by atoms with Crippen LogP contribution in [0.2, 0.25) is 0 Å². The first-order valence-corrected chi connectivity index (χ1v) is 5.46. The molecule has 0 aliphatic heterocycles. The zero-order chi connectivity index (χ0) is 9.26. The molecular weight excluding hydrogens is 180 g/mol. The fourth-order valence-corrected chi connectivity index (χ4v) is 2.15. The predicted molar refractivity (Wildman–Crippen MR) is 56.2 cm³/mol. The van der Waals surface area contributed by atoms with Gasteiger partial charge in [0.05, 0.1) is 11.4 Å². The SMILES string of the molecule is CCc1nc2ccsc2nc1CC. The lowest BCUT2D eigenvalue weighted by Crippen LogP contribution is -1.98. The number of hydrogen-bond donors (Lipinski definition) is 0. The average Bonchev–Trinajstić information content (AvgIpc) is 2.62. The molecule has 2 rings (SSSR count). The number of nitrogens with zero attached hydrogens (tertiary/aromatic N) is 2. The molecule has 2 aromatic heterocycles. The number of aryl methyl sites for hydroxylation is 2. The zero-order valence-electron chi connectivity index (χ0n) is 7.87. The quantitative estimate of drug-likeness (QED) is 0.731. The van der Waals surface area contributed by atoms with Gasteiger partial charge in [-0.15, -0.1) is 11.3 Å². The summed E-state index contributed by atoms with van der Waals surface area (Å²) in [4.78, 5) is 10.2. The van der Waals surface area contributed by atoms with E-state index in [9.17, 15) is 0 Å². The highest BCUT2D eigenvalue weighted by atomic mass is 32.1. The Balaban J connectivity index is 2.67. The van der Waals surface area contributed by atoms with E-state index in [1.165, 1.54) is 0 Å². The van der Waals surface area contributed by atoms with Gasteiger partial charge in [-0.25, -0.2) is 9.97 Å². The zero-order valence-corrected chi connectivity index (χ0v) is 8.69. The normalized spacial score (nSPS) is 10.9. The van der Waals surface area contributed by atoms with Crippen molar-refractivity contribution >= 4 is 21.7 Å². The summed E-state index contributed by atoms with van der Waals surface area (Å²) in [5, 5.41) is 2.05. The highest BCUT2D eigenvalue weighted by Crippen LogP contribution is 2.18. The smallest absolute Gasteiger partial charge is 0.142 e. The molecule has 2 heterocycles. The molecular formula is C10H12N2S. The Hall–Kier alpha value is -0.960. The molecule has 2 nitrogen and oxygen atoms in total. The van der Waals surface area contributed by atoms with Crippen molar-refractivity contribution in [3.63, 3.8) is 0 Å². The fraction of sp³-hybridized carbons (Fsp3) is 0.400. The van der Waals surface area contributed by atoms with Gasteiger partial charge in [0.15, 0.2) is 0 Å². The van der Waals surface area contributed by atoms with Gasteiger partial charge in [-0.1, -0.05) is 13.8 Å². The fourth-order valence-electron chi connectivity index (χ4n) is 1.43. The van der Waals surface area contributed by atoms with Crippen molar-refractivity contribution in [1.82, 2.24) is 9.97 Å². The van der Waals surface area contributed by atoms with Gasteiger partial charge >= 0.3 is 0 Å². The second kappa shape index (κ2) is 3.42. The van der Waals surface area contributed by atoms with E-state index < -0.39 is 0 Å². The summed E-state index contributed by atoms with van der Waals surface area (Å²) in [7, 11) is 0. The van der Waals surface area contributed by atoms with Crippen molar-refractivity contribution in [3.05, 3.63) is 22.8 Å². The van der Waals surface area contributed by atoms with Gasteiger partial charge in [-0.05, 0) is 24.3 Å². The number of aromatic nitrogens is 2. The van der Waals surface area contributed by atoms with Gasteiger partial charge < -0.3 is 0 Å². The first-order chi connectivity index (χ1) is 6.35.